The molecule has 0 aliphatic carbocycles. The van der Waals surface area contributed by atoms with Crippen LogP contribution in [-0.2, 0) is 15.8 Å². The van der Waals surface area contributed by atoms with Gasteiger partial charge in [0.1, 0.15) is 0 Å². The van der Waals surface area contributed by atoms with Crippen molar-refractivity contribution in [1.82, 2.24) is 0 Å². The molecule has 0 aliphatic rings. The van der Waals surface area contributed by atoms with Crippen LogP contribution in [0.2, 0.25) is 5.02 Å². The molecule has 0 bridgehead atoms. The van der Waals surface area contributed by atoms with Crippen LogP contribution in [-0.4, -0.2) is 12.0 Å². The Bertz CT molecular complexity index is 475. The van der Waals surface area contributed by atoms with Crippen LogP contribution in [0.1, 0.15) is 26.3 Å². The minimum absolute atomic E-state index is 0.134. The highest BCUT2D eigenvalue weighted by Gasteiger charge is 2.31. The average molecular weight is 296 g/mol. The lowest BCUT2D eigenvalue weighted by Gasteiger charge is -2.27. The number of benzene rings is 1. The van der Waals surface area contributed by atoms with Gasteiger partial charge >= 0.3 is 12.1 Å². The largest absolute Gasteiger partial charge is 0.416 e. The van der Waals surface area contributed by atoms with Gasteiger partial charge in [-0.3, -0.25) is 4.79 Å². The number of anilines is 1. The molecule has 1 aromatic rings. The zero-order valence-electron chi connectivity index (χ0n) is 10.6. The zero-order valence-corrected chi connectivity index (χ0v) is 11.3. The van der Waals surface area contributed by atoms with Crippen molar-refractivity contribution in [2.45, 2.75) is 33.0 Å². The Morgan fingerprint density at radius 3 is 2.32 bits per heavy atom. The van der Waals surface area contributed by atoms with Gasteiger partial charge in [-0.15, -0.1) is 0 Å². The van der Waals surface area contributed by atoms with E-state index in [-0.39, 0.29) is 16.8 Å². The lowest BCUT2D eigenvalue weighted by Crippen LogP contribution is -2.33. The fourth-order valence-electron chi connectivity index (χ4n) is 1.43. The lowest BCUT2D eigenvalue weighted by molar-refractivity contribution is -0.143. The van der Waals surface area contributed by atoms with Crippen molar-refractivity contribution in [3.05, 3.63) is 28.8 Å². The van der Waals surface area contributed by atoms with Gasteiger partial charge in [-0.25, -0.2) is 5.06 Å². The molecule has 1 aromatic carbocycles. The molecule has 106 valence electrons. The Balaban J connectivity index is 3.16. The number of carbonyl (C=O) groups is 1. The quantitative estimate of drug-likeness (QED) is 0.788. The maximum Gasteiger partial charge on any atom is 0.416 e. The van der Waals surface area contributed by atoms with E-state index >= 15 is 0 Å². The van der Waals surface area contributed by atoms with Crippen LogP contribution in [0.25, 0.3) is 0 Å². The maximum absolute atomic E-state index is 12.5. The van der Waals surface area contributed by atoms with Crippen molar-refractivity contribution < 1.29 is 22.8 Å². The summed E-state index contributed by atoms with van der Waals surface area (Å²) in [6.07, 6.45) is -4.47. The van der Waals surface area contributed by atoms with E-state index in [4.69, 9.17) is 16.4 Å². The van der Waals surface area contributed by atoms with Crippen molar-refractivity contribution in [3.8, 4) is 0 Å². The first-order valence-corrected chi connectivity index (χ1v) is 5.85. The van der Waals surface area contributed by atoms with Crippen molar-refractivity contribution in [3.63, 3.8) is 0 Å². The highest BCUT2D eigenvalue weighted by molar-refractivity contribution is 6.33. The summed E-state index contributed by atoms with van der Waals surface area (Å²) in [6, 6.07) is 2.60. The summed E-state index contributed by atoms with van der Waals surface area (Å²) in [5, 5.41) is 1.04. The van der Waals surface area contributed by atoms with E-state index in [1.54, 1.807) is 13.8 Å². The fourth-order valence-corrected chi connectivity index (χ4v) is 1.70. The second-order valence-corrected chi connectivity index (χ2v) is 4.57. The Kier molecular flexibility index (Phi) is 4.68. The van der Waals surface area contributed by atoms with Gasteiger partial charge in [0, 0.05) is 6.92 Å². The molecule has 0 aliphatic heterocycles. The fraction of sp³-hybridized carbons (Fsp3) is 0.417. The summed E-state index contributed by atoms with van der Waals surface area (Å²) in [5.74, 6) is -0.579. The Morgan fingerprint density at radius 2 is 1.95 bits per heavy atom. The van der Waals surface area contributed by atoms with Crippen LogP contribution in [0, 0.1) is 0 Å². The van der Waals surface area contributed by atoms with E-state index in [1.807, 2.05) is 0 Å². The van der Waals surface area contributed by atoms with Crippen molar-refractivity contribution in [1.29, 1.82) is 0 Å². The van der Waals surface area contributed by atoms with Gasteiger partial charge in [-0.05, 0) is 32.0 Å². The van der Waals surface area contributed by atoms with Crippen LogP contribution in [0.15, 0.2) is 18.2 Å². The highest BCUT2D eigenvalue weighted by Crippen LogP contribution is 2.35. The molecular formula is C12H13ClF3NO2. The topological polar surface area (TPSA) is 29.5 Å². The molecule has 0 radical (unpaired) electrons. The monoisotopic (exact) mass is 295 g/mol. The number of hydroxylamine groups is 1. The molecule has 0 spiro atoms. The zero-order chi connectivity index (χ0) is 14.8. The van der Waals surface area contributed by atoms with E-state index in [2.05, 4.69) is 0 Å². The van der Waals surface area contributed by atoms with Crippen molar-refractivity contribution >= 4 is 23.3 Å². The van der Waals surface area contributed by atoms with Crippen LogP contribution >= 0.6 is 11.6 Å². The lowest BCUT2D eigenvalue weighted by atomic mass is 10.2. The minimum Gasteiger partial charge on any atom is -0.341 e. The first kappa shape index (κ1) is 15.6. The third-order valence-corrected chi connectivity index (χ3v) is 2.51. The van der Waals surface area contributed by atoms with Gasteiger partial charge in [0.25, 0.3) is 0 Å². The Morgan fingerprint density at radius 1 is 1.37 bits per heavy atom. The van der Waals surface area contributed by atoms with E-state index < -0.39 is 17.7 Å². The second-order valence-electron chi connectivity index (χ2n) is 4.17. The number of halogens is 4. The molecule has 0 saturated carbocycles. The molecule has 0 atom stereocenters. The molecule has 1 rings (SSSR count). The normalized spacial score (nSPS) is 11.6. The Labute approximate surface area is 113 Å². The Hall–Kier alpha value is -1.43. The summed E-state index contributed by atoms with van der Waals surface area (Å²) in [4.78, 5) is 15.9. The first-order valence-electron chi connectivity index (χ1n) is 5.47. The van der Waals surface area contributed by atoms with Gasteiger partial charge in [0.2, 0.25) is 0 Å². The summed E-state index contributed by atoms with van der Waals surface area (Å²) in [7, 11) is 0. The number of carbonyl (C=O) groups excluding carboxylic acids is 1. The third kappa shape index (κ3) is 4.02. The molecule has 3 nitrogen and oxygen atoms in total. The number of hydrogen-bond acceptors (Lipinski definition) is 3. The molecule has 0 aromatic heterocycles. The number of rotatable bonds is 3. The molecule has 19 heavy (non-hydrogen) atoms. The van der Waals surface area contributed by atoms with E-state index in [1.165, 1.54) is 18.1 Å². The molecule has 0 unspecified atom stereocenters. The molecule has 0 N–H and O–H groups in total. The molecule has 7 heteroatoms. The number of hydrogen-bond donors (Lipinski definition) is 0. The van der Waals surface area contributed by atoms with E-state index in [0.29, 0.717) is 0 Å². The molecule has 0 heterocycles. The smallest absolute Gasteiger partial charge is 0.341 e. The molecule has 0 amide bonds. The van der Waals surface area contributed by atoms with Crippen molar-refractivity contribution in [2.75, 3.05) is 5.06 Å². The summed E-state index contributed by atoms with van der Waals surface area (Å²) in [5.41, 5.74) is -0.646. The summed E-state index contributed by atoms with van der Waals surface area (Å²) < 4.78 is 37.5. The molecule has 0 fully saturated rings. The van der Waals surface area contributed by atoms with Gasteiger partial charge < -0.3 is 4.84 Å². The minimum atomic E-state index is -4.47. The predicted octanol–water partition coefficient (Wildman–Crippen LogP) is 4.05. The standard InChI is InChI=1S/C12H13ClF3NO2/c1-7(2)17(19-8(3)18)11-5-4-9(6-10(11)13)12(14,15)16/h4-7H,1-3H3. The predicted molar refractivity (Wildman–Crippen MR) is 65.8 cm³/mol. The van der Waals surface area contributed by atoms with Gasteiger partial charge in [-0.1, -0.05) is 11.6 Å². The van der Waals surface area contributed by atoms with Crippen molar-refractivity contribution in [2.24, 2.45) is 0 Å². The molecular weight excluding hydrogens is 283 g/mol. The number of nitrogens with zero attached hydrogens (tertiary/aromatic N) is 1. The van der Waals surface area contributed by atoms with Gasteiger partial charge in [0.15, 0.2) is 0 Å². The van der Waals surface area contributed by atoms with Crippen LogP contribution < -0.4 is 5.06 Å². The van der Waals surface area contributed by atoms with Crippen LogP contribution in [0.5, 0.6) is 0 Å². The van der Waals surface area contributed by atoms with Gasteiger partial charge in [0.05, 0.1) is 22.3 Å². The summed E-state index contributed by atoms with van der Waals surface area (Å²) >= 11 is 5.82. The van der Waals surface area contributed by atoms with Crippen LogP contribution in [0.3, 0.4) is 0 Å². The molecule has 0 saturated heterocycles. The van der Waals surface area contributed by atoms with Crippen LogP contribution in [0.4, 0.5) is 18.9 Å². The average Bonchev–Trinajstić information content (AvgIpc) is 2.24. The highest BCUT2D eigenvalue weighted by atomic mass is 35.5. The third-order valence-electron chi connectivity index (χ3n) is 2.21. The van der Waals surface area contributed by atoms with Gasteiger partial charge in [-0.2, -0.15) is 13.2 Å². The summed E-state index contributed by atoms with van der Waals surface area (Å²) in [6.45, 7) is 4.64. The number of alkyl halides is 3. The first-order chi connectivity index (χ1) is 8.62. The van der Waals surface area contributed by atoms with E-state index in [0.717, 1.165) is 12.1 Å². The SMILES string of the molecule is CC(=O)ON(c1ccc(C(F)(F)F)cc1Cl)C(C)C. The maximum atomic E-state index is 12.5. The van der Waals surface area contributed by atoms with E-state index in [9.17, 15) is 18.0 Å². The second kappa shape index (κ2) is 5.69.